The lowest BCUT2D eigenvalue weighted by Gasteiger charge is -2.28. The Morgan fingerprint density at radius 1 is 0.806 bits per heavy atom. The van der Waals surface area contributed by atoms with Crippen LogP contribution in [-0.2, 0) is 6.42 Å². The summed E-state index contributed by atoms with van der Waals surface area (Å²) in [7, 11) is 0. The highest BCUT2D eigenvalue weighted by Gasteiger charge is 2.21. The number of ether oxygens (including phenoxy) is 1. The van der Waals surface area contributed by atoms with E-state index in [0.29, 0.717) is 0 Å². The van der Waals surface area contributed by atoms with E-state index in [2.05, 4.69) is 50.2 Å². The summed E-state index contributed by atoms with van der Waals surface area (Å²) >= 11 is 3.95. The van der Waals surface area contributed by atoms with Crippen LogP contribution in [0.15, 0.2) is 36.4 Å². The van der Waals surface area contributed by atoms with E-state index >= 15 is 0 Å². The third kappa shape index (κ3) is 6.35. The Morgan fingerprint density at radius 3 is 2.16 bits per heavy atom. The lowest BCUT2D eigenvalue weighted by Crippen LogP contribution is -2.15. The van der Waals surface area contributed by atoms with E-state index in [1.54, 1.807) is 4.88 Å². The third-order valence-electron chi connectivity index (χ3n) is 6.89. The van der Waals surface area contributed by atoms with Crippen LogP contribution in [0.4, 0.5) is 0 Å². The van der Waals surface area contributed by atoms with Crippen molar-refractivity contribution in [3.05, 3.63) is 41.3 Å². The largest absolute Gasteiger partial charge is 0.494 e. The summed E-state index contributed by atoms with van der Waals surface area (Å²) < 4.78 is 8.72. The summed E-state index contributed by atoms with van der Waals surface area (Å²) in [6.07, 6.45) is 15.1. The zero-order chi connectivity index (χ0) is 21.5. The highest BCUT2D eigenvalue weighted by atomic mass is 32.1. The number of thiophene rings is 2. The van der Waals surface area contributed by atoms with Crippen LogP contribution in [0.2, 0.25) is 0 Å². The minimum absolute atomic E-state index is 0.813. The molecule has 0 spiro atoms. The van der Waals surface area contributed by atoms with Gasteiger partial charge in [0, 0.05) is 19.2 Å². The average Bonchev–Trinajstić information content (AvgIpc) is 3.37. The van der Waals surface area contributed by atoms with E-state index in [9.17, 15) is 0 Å². The van der Waals surface area contributed by atoms with Crippen LogP contribution in [0.25, 0.3) is 19.8 Å². The Hall–Kier alpha value is -1.32. The van der Waals surface area contributed by atoms with E-state index < -0.39 is 0 Å². The molecule has 1 aromatic carbocycles. The summed E-state index contributed by atoms with van der Waals surface area (Å²) in [5.41, 5.74) is 1.30. The molecule has 0 radical (unpaired) electrons. The number of rotatable bonds is 11. The molecule has 4 rings (SSSR count). The molecule has 1 aliphatic carbocycles. The molecule has 0 aliphatic heterocycles. The fourth-order valence-corrected chi connectivity index (χ4v) is 7.29. The van der Waals surface area contributed by atoms with Crippen molar-refractivity contribution in [2.24, 2.45) is 11.8 Å². The Bertz CT molecular complexity index is 881. The van der Waals surface area contributed by atoms with E-state index in [1.807, 2.05) is 22.7 Å². The molecule has 1 nitrogen and oxygen atoms in total. The van der Waals surface area contributed by atoms with Crippen molar-refractivity contribution >= 4 is 32.1 Å². The number of benzene rings is 1. The fraction of sp³-hybridized carbons (Fsp3) is 0.571. The smallest absolute Gasteiger partial charge is 0.119 e. The van der Waals surface area contributed by atoms with Gasteiger partial charge in [0.2, 0.25) is 0 Å². The molecular weight excluding hydrogens is 416 g/mol. The molecule has 168 valence electrons. The van der Waals surface area contributed by atoms with Gasteiger partial charge in [0.15, 0.2) is 0 Å². The fourth-order valence-electron chi connectivity index (χ4n) is 4.85. The number of fused-ring (bicyclic) bond motifs is 1. The van der Waals surface area contributed by atoms with Crippen LogP contribution in [0.3, 0.4) is 0 Å². The summed E-state index contributed by atoms with van der Waals surface area (Å²) in [6.45, 7) is 5.33. The van der Waals surface area contributed by atoms with Gasteiger partial charge < -0.3 is 4.74 Å². The maximum atomic E-state index is 5.80. The van der Waals surface area contributed by atoms with Crippen molar-refractivity contribution in [2.45, 2.75) is 84.5 Å². The van der Waals surface area contributed by atoms with Crippen LogP contribution >= 0.6 is 22.7 Å². The molecule has 0 unspecified atom stereocenters. The highest BCUT2D eigenvalue weighted by molar-refractivity contribution is 7.29. The van der Waals surface area contributed by atoms with Gasteiger partial charge in [-0.1, -0.05) is 65.2 Å². The lowest BCUT2D eigenvalue weighted by atomic mass is 9.78. The highest BCUT2D eigenvalue weighted by Crippen LogP contribution is 2.40. The molecule has 2 aromatic heterocycles. The van der Waals surface area contributed by atoms with E-state index in [-0.39, 0.29) is 0 Å². The van der Waals surface area contributed by atoms with Gasteiger partial charge in [-0.05, 0) is 73.1 Å². The molecule has 0 N–H and O–H groups in total. The van der Waals surface area contributed by atoms with Gasteiger partial charge in [-0.3, -0.25) is 0 Å². The van der Waals surface area contributed by atoms with E-state index in [4.69, 9.17) is 4.74 Å². The number of unbranched alkanes of at least 4 members (excludes halogenated alkanes) is 2. The normalized spacial score (nSPS) is 19.2. The van der Waals surface area contributed by atoms with Gasteiger partial charge in [0.1, 0.15) is 5.75 Å². The number of hydrogen-bond donors (Lipinski definition) is 0. The minimum Gasteiger partial charge on any atom is -0.494 e. The second-order valence-electron chi connectivity index (χ2n) is 9.35. The van der Waals surface area contributed by atoms with Gasteiger partial charge >= 0.3 is 0 Å². The Morgan fingerprint density at radius 2 is 1.48 bits per heavy atom. The second kappa shape index (κ2) is 11.5. The molecule has 1 fully saturated rings. The van der Waals surface area contributed by atoms with Crippen LogP contribution in [0.1, 0.15) is 82.9 Å². The maximum absolute atomic E-state index is 5.80. The van der Waals surface area contributed by atoms with Crippen molar-refractivity contribution in [1.82, 2.24) is 0 Å². The monoisotopic (exact) mass is 454 g/mol. The Balaban J connectivity index is 1.28. The van der Waals surface area contributed by atoms with Crippen molar-refractivity contribution in [3.63, 3.8) is 0 Å². The number of hydrogen-bond acceptors (Lipinski definition) is 3. The predicted molar refractivity (Wildman–Crippen MR) is 139 cm³/mol. The topological polar surface area (TPSA) is 9.23 Å². The van der Waals surface area contributed by atoms with E-state index in [1.165, 1.54) is 84.0 Å². The maximum Gasteiger partial charge on any atom is 0.119 e. The van der Waals surface area contributed by atoms with E-state index in [0.717, 1.165) is 30.6 Å². The Kier molecular flexibility index (Phi) is 8.49. The first-order chi connectivity index (χ1) is 15.2. The average molecular weight is 455 g/mol. The van der Waals surface area contributed by atoms with Crippen molar-refractivity contribution < 1.29 is 4.74 Å². The molecule has 3 heteroatoms. The second-order valence-corrected chi connectivity index (χ2v) is 11.6. The molecule has 3 aromatic rings. The van der Waals surface area contributed by atoms with Gasteiger partial charge in [-0.25, -0.2) is 0 Å². The van der Waals surface area contributed by atoms with Crippen molar-refractivity contribution in [1.29, 1.82) is 0 Å². The molecular formula is C28H38OS2. The van der Waals surface area contributed by atoms with Crippen molar-refractivity contribution in [2.75, 3.05) is 6.61 Å². The van der Waals surface area contributed by atoms with Gasteiger partial charge in [-0.2, -0.15) is 0 Å². The molecule has 1 saturated carbocycles. The number of aryl methyl sites for hydroxylation is 1. The predicted octanol–water partition coefficient (Wildman–Crippen LogP) is 9.74. The molecule has 0 saturated heterocycles. The van der Waals surface area contributed by atoms with Gasteiger partial charge in [0.25, 0.3) is 0 Å². The van der Waals surface area contributed by atoms with Gasteiger partial charge in [-0.15, -0.1) is 22.7 Å². The molecule has 31 heavy (non-hydrogen) atoms. The third-order valence-corrected chi connectivity index (χ3v) is 9.30. The van der Waals surface area contributed by atoms with Crippen molar-refractivity contribution in [3.8, 4) is 16.2 Å². The van der Waals surface area contributed by atoms with Crippen LogP contribution < -0.4 is 4.74 Å². The van der Waals surface area contributed by atoms with Crippen LogP contribution in [0.5, 0.6) is 5.75 Å². The molecule has 0 bridgehead atoms. The van der Waals surface area contributed by atoms with Gasteiger partial charge in [0.05, 0.1) is 6.61 Å². The summed E-state index contributed by atoms with van der Waals surface area (Å²) in [6, 6.07) is 13.5. The minimum atomic E-state index is 0.813. The summed E-state index contributed by atoms with van der Waals surface area (Å²) in [4.78, 5) is 2.96. The van der Waals surface area contributed by atoms with Crippen LogP contribution in [0, 0.1) is 11.8 Å². The SMILES string of the molecule is CCCCOc1ccc(-c2cc3sc(CCC4CCC(CCCC)CC4)cc3s2)cc1. The zero-order valence-electron chi connectivity index (χ0n) is 19.3. The summed E-state index contributed by atoms with van der Waals surface area (Å²) in [5, 5.41) is 0. The molecule has 2 heterocycles. The van der Waals surface area contributed by atoms with Crippen LogP contribution in [-0.4, -0.2) is 6.61 Å². The molecule has 1 aliphatic rings. The lowest BCUT2D eigenvalue weighted by molar-refractivity contribution is 0.250. The first-order valence-corrected chi connectivity index (χ1v) is 14.1. The standard InChI is InChI=1S/C28H38OS2/c1-3-5-7-21-8-10-22(11-9-21)12-17-25-19-27-28(30-25)20-26(31-27)23-13-15-24(16-14-23)29-18-6-4-2/h13-16,19-22H,3-12,17-18H2,1-2H3. The first kappa shape index (κ1) is 22.9. The molecule has 0 atom stereocenters. The quantitative estimate of drug-likeness (QED) is 0.262. The first-order valence-electron chi connectivity index (χ1n) is 12.5. The Labute approximate surface area is 196 Å². The summed E-state index contributed by atoms with van der Waals surface area (Å²) in [5.74, 6) is 2.97. The zero-order valence-corrected chi connectivity index (χ0v) is 21.0. The molecule has 0 amide bonds.